The second-order valence-electron chi connectivity index (χ2n) is 34.2. The third-order valence-electron chi connectivity index (χ3n) is 21.9. The second kappa shape index (κ2) is 99.9. The lowest BCUT2D eigenvalue weighted by Gasteiger charge is -2.21. The van der Waals surface area contributed by atoms with Crippen molar-refractivity contribution in [2.75, 3.05) is 39.6 Å². The summed E-state index contributed by atoms with van der Waals surface area (Å²) in [6.45, 7) is 2.50. The van der Waals surface area contributed by atoms with E-state index in [1.165, 1.54) is 231 Å². The van der Waals surface area contributed by atoms with Crippen molar-refractivity contribution in [3.63, 3.8) is 0 Å². The fourth-order valence-electron chi connectivity index (χ4n) is 14.2. The van der Waals surface area contributed by atoms with Crippen LogP contribution in [0.15, 0.2) is 170 Å². The van der Waals surface area contributed by atoms with Crippen LogP contribution in [0.25, 0.3) is 0 Å². The first-order chi connectivity index (χ1) is 62.2. The zero-order chi connectivity index (χ0) is 92.1. The molecular weight excluding hydrogens is 1630 g/mol. The van der Waals surface area contributed by atoms with Crippen molar-refractivity contribution in [1.29, 1.82) is 0 Å². The van der Waals surface area contributed by atoms with Gasteiger partial charge in [0, 0.05) is 19.3 Å². The Bertz CT molecular complexity index is 2990. The van der Waals surface area contributed by atoms with Gasteiger partial charge in [-0.3, -0.25) is 32.5 Å². The third kappa shape index (κ3) is 101. The number of unbranched alkanes of at least 4 members (excludes halogenated alkanes) is 46. The predicted molar refractivity (Wildman–Crippen MR) is 537 cm³/mol. The van der Waals surface area contributed by atoms with Crippen LogP contribution in [-0.2, 0) is 55.8 Å². The highest BCUT2D eigenvalue weighted by molar-refractivity contribution is 7.47. The van der Waals surface area contributed by atoms with Crippen LogP contribution in [0.4, 0.5) is 0 Å². The van der Waals surface area contributed by atoms with Gasteiger partial charge in [-0.25, -0.2) is 9.13 Å². The largest absolute Gasteiger partial charge is 0.472 e. The number of esters is 3. The first-order valence-electron chi connectivity index (χ1n) is 51.4. The maximum atomic E-state index is 13.1. The molecule has 0 radical (unpaired) electrons. The second-order valence-corrected chi connectivity index (χ2v) is 37.1. The molecule has 0 aliphatic heterocycles. The van der Waals surface area contributed by atoms with Crippen LogP contribution < -0.4 is 0 Å². The number of rotatable bonds is 97. The van der Waals surface area contributed by atoms with Crippen LogP contribution >= 0.6 is 15.6 Å². The molecule has 0 fully saturated rings. The van der Waals surface area contributed by atoms with Gasteiger partial charge in [0.2, 0.25) is 0 Å². The number of hydrogen-bond donors (Lipinski definition) is 4. The molecule has 0 aromatic carbocycles. The molecule has 0 spiro atoms. The fraction of sp³-hybridized carbons (Fsp3) is 0.716. The molecule has 0 aliphatic carbocycles. The number of hydrogen-bond acceptors (Lipinski definition) is 14. The summed E-state index contributed by atoms with van der Waals surface area (Å²) in [6.07, 6.45) is 131. The van der Waals surface area contributed by atoms with Gasteiger partial charge in [0.15, 0.2) is 6.10 Å². The molecule has 0 aromatic heterocycles. The van der Waals surface area contributed by atoms with Crippen LogP contribution in [0.5, 0.6) is 0 Å². The van der Waals surface area contributed by atoms with E-state index in [0.29, 0.717) is 19.3 Å². The maximum absolute atomic E-state index is 13.1. The Morgan fingerprint density at radius 1 is 0.228 bits per heavy atom. The molecular formula is C109H188O16P2. The standard InChI is InChI=1S/C109H188O16P2/c1-4-7-10-13-16-19-22-25-28-31-34-37-40-43-46-48-50-51-53-55-57-59-62-65-68-71-74-77-80-83-86-89-92-95-107(112)119-98-104(110)99-121-126(115,116)122-100-105(111)101-123-127(117,118)124-103-106(125-109(114)97-94-91-88-85-82-79-76-73-70-67-64-61-56-45-42-39-36-33-30-27-24-21-18-15-12-9-6-3)102-120-108(113)96-93-90-87-84-81-78-75-72-69-66-63-60-58-54-52-49-47-44-41-38-35-32-29-26-23-20-17-14-11-8-5-2/h8-9,11-12,16-21,25-30,34-39,43-47,56,104-106,110-111H,4-7,10,13-15,22-24,31-33,40-42,48-55,57-103H2,1-3H3,(H,115,116)(H,117,118)/b11-8-,12-9-,19-16-,20-17-,21-18-,28-25-,29-26-,30-27-,37-34-,38-35-,39-36-,46-43-,47-44-,56-45-. The van der Waals surface area contributed by atoms with Crippen molar-refractivity contribution < 1.29 is 75.8 Å². The molecule has 5 atom stereocenters. The number of ether oxygens (including phenoxy) is 3. The van der Waals surface area contributed by atoms with Crippen molar-refractivity contribution in [3.8, 4) is 0 Å². The first kappa shape index (κ1) is 122. The van der Waals surface area contributed by atoms with E-state index in [1.54, 1.807) is 0 Å². The Morgan fingerprint density at radius 2 is 0.417 bits per heavy atom. The Kier molecular flexibility index (Phi) is 95.9. The van der Waals surface area contributed by atoms with Crippen LogP contribution in [0.3, 0.4) is 0 Å². The van der Waals surface area contributed by atoms with E-state index in [-0.39, 0.29) is 19.3 Å². The normalized spacial score (nSPS) is 14.4. The molecule has 5 unspecified atom stereocenters. The van der Waals surface area contributed by atoms with Gasteiger partial charge in [0.05, 0.1) is 26.4 Å². The minimum absolute atomic E-state index is 0.0976. The minimum atomic E-state index is -4.95. The SMILES string of the molecule is CC/C=C\C/C=C\C/C=C\C/C=C\C/C=C\CCCCCCCCCCCCCCCCCC(=O)OCC(COP(=O)(O)OCC(O)COP(=O)(O)OCC(O)COC(=O)CCCCCCCCCCCCCCCCCCC/C=C\C/C=C\C/C=C\C/C=C\CCCCC)OC(=O)CCCCCCCCCCCCC/C=C\C/C=C\C/C=C\C/C=C\C/C=C\CC. The molecule has 127 heavy (non-hydrogen) atoms. The van der Waals surface area contributed by atoms with Crippen LogP contribution in [0.1, 0.15) is 445 Å². The number of aliphatic hydroxyl groups excluding tert-OH is 2. The number of phosphoric ester groups is 2. The highest BCUT2D eigenvalue weighted by Gasteiger charge is 2.30. The highest BCUT2D eigenvalue weighted by atomic mass is 31.2. The summed E-state index contributed by atoms with van der Waals surface area (Å²) in [7, 11) is -9.82. The van der Waals surface area contributed by atoms with Gasteiger partial charge < -0.3 is 34.2 Å². The van der Waals surface area contributed by atoms with Crippen LogP contribution in [0, 0.1) is 0 Å². The lowest BCUT2D eigenvalue weighted by Crippen LogP contribution is -2.30. The Hall–Kier alpha value is -5.09. The van der Waals surface area contributed by atoms with Gasteiger partial charge in [0.1, 0.15) is 25.4 Å². The molecule has 4 N–H and O–H groups in total. The monoisotopic (exact) mass is 1820 g/mol. The lowest BCUT2D eigenvalue weighted by atomic mass is 10.0. The van der Waals surface area contributed by atoms with E-state index in [4.69, 9.17) is 32.3 Å². The maximum Gasteiger partial charge on any atom is 0.472 e. The van der Waals surface area contributed by atoms with E-state index in [0.717, 1.165) is 154 Å². The molecule has 0 aromatic rings. The van der Waals surface area contributed by atoms with E-state index in [1.807, 2.05) is 0 Å². The summed E-state index contributed by atoms with van der Waals surface area (Å²) >= 11 is 0. The molecule has 0 heterocycles. The molecule has 730 valence electrons. The number of carbonyl (C=O) groups is 3. The van der Waals surface area contributed by atoms with Gasteiger partial charge in [-0.15, -0.1) is 0 Å². The molecule has 0 bridgehead atoms. The summed E-state index contributed by atoms with van der Waals surface area (Å²) in [5.41, 5.74) is 0. The van der Waals surface area contributed by atoms with E-state index in [2.05, 4.69) is 191 Å². The molecule has 0 saturated heterocycles. The lowest BCUT2D eigenvalue weighted by molar-refractivity contribution is -0.161. The summed E-state index contributed by atoms with van der Waals surface area (Å²) in [6, 6.07) is 0. The Balaban J connectivity index is 4.60. The molecule has 0 amide bonds. The fourth-order valence-corrected chi connectivity index (χ4v) is 15.8. The van der Waals surface area contributed by atoms with Crippen LogP contribution in [0.2, 0.25) is 0 Å². The van der Waals surface area contributed by atoms with Gasteiger partial charge in [-0.1, -0.05) is 441 Å². The summed E-state index contributed by atoms with van der Waals surface area (Å²) in [5.74, 6) is -1.56. The van der Waals surface area contributed by atoms with Gasteiger partial charge in [0.25, 0.3) is 0 Å². The molecule has 0 saturated carbocycles. The Labute approximate surface area is 777 Å². The van der Waals surface area contributed by atoms with E-state index in [9.17, 15) is 43.5 Å². The third-order valence-corrected chi connectivity index (χ3v) is 23.8. The Morgan fingerprint density at radius 3 is 0.661 bits per heavy atom. The van der Waals surface area contributed by atoms with Gasteiger partial charge in [-0.05, 0) is 154 Å². The number of aliphatic hydroxyl groups is 2. The zero-order valence-electron chi connectivity index (χ0n) is 80.9. The van der Waals surface area contributed by atoms with Gasteiger partial charge >= 0.3 is 33.6 Å². The zero-order valence-corrected chi connectivity index (χ0v) is 82.7. The number of phosphoric acid groups is 2. The number of carbonyl (C=O) groups excluding carboxylic acids is 3. The smallest absolute Gasteiger partial charge is 0.463 e. The van der Waals surface area contributed by atoms with E-state index >= 15 is 0 Å². The van der Waals surface area contributed by atoms with Crippen molar-refractivity contribution in [1.82, 2.24) is 0 Å². The summed E-state index contributed by atoms with van der Waals surface area (Å²) in [5, 5.41) is 20.8. The highest BCUT2D eigenvalue weighted by Crippen LogP contribution is 2.45. The van der Waals surface area contributed by atoms with Crippen molar-refractivity contribution in [2.24, 2.45) is 0 Å². The summed E-state index contributed by atoms with van der Waals surface area (Å²) in [4.78, 5) is 59.2. The quantitative estimate of drug-likeness (QED) is 0.0146. The van der Waals surface area contributed by atoms with Crippen molar-refractivity contribution >= 4 is 33.6 Å². The first-order valence-corrected chi connectivity index (χ1v) is 54.4. The van der Waals surface area contributed by atoms with Crippen LogP contribution in [-0.4, -0.2) is 95.9 Å². The minimum Gasteiger partial charge on any atom is -0.463 e. The number of allylic oxidation sites excluding steroid dienone is 28. The van der Waals surface area contributed by atoms with Crippen molar-refractivity contribution in [2.45, 2.75) is 463 Å². The molecule has 0 rings (SSSR count). The molecule has 16 nitrogen and oxygen atoms in total. The van der Waals surface area contributed by atoms with E-state index < -0.39 is 91.5 Å². The topological polar surface area (TPSA) is 231 Å². The molecule has 0 aliphatic rings. The predicted octanol–water partition coefficient (Wildman–Crippen LogP) is 32.6. The summed E-state index contributed by atoms with van der Waals surface area (Å²) < 4.78 is 61.7. The van der Waals surface area contributed by atoms with Crippen molar-refractivity contribution in [3.05, 3.63) is 170 Å². The average molecular weight is 1820 g/mol. The van der Waals surface area contributed by atoms with Gasteiger partial charge in [-0.2, -0.15) is 0 Å². The average Bonchev–Trinajstić information content (AvgIpc) is 0.898. The molecule has 18 heteroatoms.